The molecule has 3 rings (SSSR count). The maximum Gasteiger partial charge on any atom is 0.266 e. The number of nitrogens with zero attached hydrogens (tertiary/aromatic N) is 1. The molecule has 2 amide bonds. The molecule has 0 unspecified atom stereocenters. The first kappa shape index (κ1) is 24.6. The highest BCUT2D eigenvalue weighted by atomic mass is 35.5. The quantitative estimate of drug-likeness (QED) is 0.333. The molecule has 6 nitrogen and oxygen atoms in total. The lowest BCUT2D eigenvalue weighted by Crippen LogP contribution is -2.20. The van der Waals surface area contributed by atoms with Crippen LogP contribution in [0.2, 0.25) is 5.02 Å². The van der Waals surface area contributed by atoms with E-state index in [4.69, 9.17) is 16.3 Å². The second-order valence-electron chi connectivity index (χ2n) is 7.74. The Balaban J connectivity index is 1.59. The second kappa shape index (κ2) is 11.2. The average molecular weight is 474 g/mol. The van der Waals surface area contributed by atoms with Gasteiger partial charge >= 0.3 is 0 Å². The Kier molecular flexibility index (Phi) is 8.07. The molecule has 172 valence electrons. The third-order valence-electron chi connectivity index (χ3n) is 5.23. The Bertz CT molecular complexity index is 1290. The van der Waals surface area contributed by atoms with Gasteiger partial charge in [-0.25, -0.2) is 0 Å². The number of halogens is 1. The Morgan fingerprint density at radius 1 is 1.00 bits per heavy atom. The number of ether oxygens (including phenoxy) is 1. The average Bonchev–Trinajstić information content (AvgIpc) is 2.82. The van der Waals surface area contributed by atoms with Crippen LogP contribution in [0.5, 0.6) is 5.75 Å². The number of rotatable bonds is 7. The number of amides is 2. The van der Waals surface area contributed by atoms with E-state index in [2.05, 4.69) is 10.6 Å². The lowest BCUT2D eigenvalue weighted by molar-refractivity contribution is -0.118. The van der Waals surface area contributed by atoms with Gasteiger partial charge in [-0.15, -0.1) is 0 Å². The van der Waals surface area contributed by atoms with Crippen molar-refractivity contribution in [3.05, 3.63) is 93.5 Å². The van der Waals surface area contributed by atoms with Crippen molar-refractivity contribution in [2.45, 2.75) is 20.8 Å². The molecule has 0 fully saturated rings. The maximum absolute atomic E-state index is 12.6. The molecule has 0 heterocycles. The molecule has 0 aromatic heterocycles. The largest absolute Gasteiger partial charge is 0.484 e. The number of nitrogens with one attached hydrogen (secondary N) is 2. The van der Waals surface area contributed by atoms with Crippen LogP contribution < -0.4 is 15.4 Å². The molecule has 3 aromatic rings. The monoisotopic (exact) mass is 473 g/mol. The molecule has 0 aliphatic carbocycles. The maximum atomic E-state index is 12.6. The zero-order chi connectivity index (χ0) is 24.7. The third kappa shape index (κ3) is 6.47. The Hall–Kier alpha value is -4.08. The van der Waals surface area contributed by atoms with Crippen molar-refractivity contribution < 1.29 is 14.3 Å². The van der Waals surface area contributed by atoms with Crippen LogP contribution in [-0.4, -0.2) is 18.4 Å². The van der Waals surface area contributed by atoms with Crippen LogP contribution in [0.1, 0.15) is 22.3 Å². The highest BCUT2D eigenvalue weighted by molar-refractivity contribution is 6.31. The number of nitriles is 1. The third-order valence-corrected chi connectivity index (χ3v) is 5.64. The molecule has 0 saturated carbocycles. The van der Waals surface area contributed by atoms with Gasteiger partial charge in [0.1, 0.15) is 17.4 Å². The number of carbonyl (C=O) groups excluding carboxylic acids is 2. The van der Waals surface area contributed by atoms with Crippen molar-refractivity contribution >= 4 is 40.9 Å². The van der Waals surface area contributed by atoms with Crippen molar-refractivity contribution in [2.75, 3.05) is 17.2 Å². The van der Waals surface area contributed by atoms with Gasteiger partial charge in [0.05, 0.1) is 0 Å². The van der Waals surface area contributed by atoms with Crippen molar-refractivity contribution in [1.82, 2.24) is 0 Å². The van der Waals surface area contributed by atoms with Crippen LogP contribution in [-0.2, 0) is 9.59 Å². The molecule has 0 aliphatic rings. The first-order chi connectivity index (χ1) is 16.3. The minimum Gasteiger partial charge on any atom is -0.484 e. The summed E-state index contributed by atoms with van der Waals surface area (Å²) in [6.45, 7) is 5.57. The first-order valence-corrected chi connectivity index (χ1v) is 10.9. The molecule has 0 atom stereocenters. The van der Waals surface area contributed by atoms with Gasteiger partial charge in [0.2, 0.25) is 0 Å². The highest BCUT2D eigenvalue weighted by Crippen LogP contribution is 2.21. The summed E-state index contributed by atoms with van der Waals surface area (Å²) in [5.41, 5.74) is 4.81. The number of aryl methyl sites for hydroxylation is 2. The van der Waals surface area contributed by atoms with E-state index in [9.17, 15) is 14.9 Å². The van der Waals surface area contributed by atoms with E-state index in [0.29, 0.717) is 27.7 Å². The molecule has 0 aliphatic heterocycles. The standard InChI is InChI=1S/C27H24ClN3O3/c1-17-5-4-6-25(19(17)3)31-27(33)21(15-29)13-20-8-11-23(12-9-20)34-16-26(32)30-22-10-7-18(2)24(28)14-22/h4-14H,16H2,1-3H3,(H,30,32)(H,31,33)/b21-13-. The number of hydrogen-bond donors (Lipinski definition) is 2. The van der Waals surface area contributed by atoms with Crippen LogP contribution in [0.4, 0.5) is 11.4 Å². The Morgan fingerprint density at radius 3 is 2.41 bits per heavy atom. The van der Waals surface area contributed by atoms with Gasteiger partial charge < -0.3 is 15.4 Å². The van der Waals surface area contributed by atoms with E-state index in [0.717, 1.165) is 16.7 Å². The summed E-state index contributed by atoms with van der Waals surface area (Å²) >= 11 is 6.07. The molecule has 3 aromatic carbocycles. The summed E-state index contributed by atoms with van der Waals surface area (Å²) in [6, 6.07) is 19.6. The normalized spacial score (nSPS) is 10.9. The van der Waals surface area contributed by atoms with Crippen LogP contribution in [0.25, 0.3) is 6.08 Å². The van der Waals surface area contributed by atoms with Crippen molar-refractivity contribution in [1.29, 1.82) is 5.26 Å². The minimum atomic E-state index is -0.482. The van der Waals surface area contributed by atoms with Gasteiger partial charge in [0, 0.05) is 16.4 Å². The van der Waals surface area contributed by atoms with Gasteiger partial charge in [-0.1, -0.05) is 41.9 Å². The minimum absolute atomic E-state index is 0.0225. The van der Waals surface area contributed by atoms with Crippen LogP contribution in [0, 0.1) is 32.1 Å². The fourth-order valence-corrected chi connectivity index (χ4v) is 3.25. The second-order valence-corrected chi connectivity index (χ2v) is 8.15. The summed E-state index contributed by atoms with van der Waals surface area (Å²) in [5.74, 6) is -0.323. The van der Waals surface area contributed by atoms with Gasteiger partial charge in [-0.05, 0) is 79.4 Å². The molecular weight excluding hydrogens is 450 g/mol. The van der Waals surface area contributed by atoms with Gasteiger partial charge in [0.15, 0.2) is 6.61 Å². The zero-order valence-electron chi connectivity index (χ0n) is 19.1. The summed E-state index contributed by atoms with van der Waals surface area (Å²) in [6.07, 6.45) is 1.50. The molecule has 34 heavy (non-hydrogen) atoms. The number of anilines is 2. The molecule has 7 heteroatoms. The van der Waals surface area contributed by atoms with Gasteiger partial charge in [-0.2, -0.15) is 5.26 Å². The number of hydrogen-bond acceptors (Lipinski definition) is 4. The first-order valence-electron chi connectivity index (χ1n) is 10.5. The van der Waals surface area contributed by atoms with Crippen LogP contribution >= 0.6 is 11.6 Å². The molecule has 0 spiro atoms. The summed E-state index contributed by atoms with van der Waals surface area (Å²) in [5, 5.41) is 15.5. The summed E-state index contributed by atoms with van der Waals surface area (Å²) in [4.78, 5) is 24.7. The lowest BCUT2D eigenvalue weighted by atomic mass is 10.1. The van der Waals surface area contributed by atoms with Gasteiger partial charge in [0.25, 0.3) is 11.8 Å². The molecular formula is C27H24ClN3O3. The molecule has 2 N–H and O–H groups in total. The number of carbonyl (C=O) groups is 2. The van der Waals surface area contributed by atoms with Crippen molar-refractivity contribution in [2.24, 2.45) is 0 Å². The smallest absolute Gasteiger partial charge is 0.266 e. The highest BCUT2D eigenvalue weighted by Gasteiger charge is 2.12. The van der Waals surface area contributed by atoms with E-state index in [1.165, 1.54) is 6.08 Å². The Morgan fingerprint density at radius 2 is 1.74 bits per heavy atom. The van der Waals surface area contributed by atoms with Crippen molar-refractivity contribution in [3.8, 4) is 11.8 Å². The molecule has 0 radical (unpaired) electrons. The summed E-state index contributed by atoms with van der Waals surface area (Å²) in [7, 11) is 0. The van der Waals surface area contributed by atoms with Crippen molar-refractivity contribution in [3.63, 3.8) is 0 Å². The predicted molar refractivity (Wildman–Crippen MR) is 135 cm³/mol. The fraction of sp³-hybridized carbons (Fsp3) is 0.148. The molecule has 0 saturated heterocycles. The Labute approximate surface area is 203 Å². The summed E-state index contributed by atoms with van der Waals surface area (Å²) < 4.78 is 5.52. The number of benzene rings is 3. The van der Waals surface area contributed by atoms with E-state index < -0.39 is 5.91 Å². The van der Waals surface area contributed by atoms with Crippen LogP contribution in [0.15, 0.2) is 66.2 Å². The van der Waals surface area contributed by atoms with E-state index in [-0.39, 0.29) is 18.1 Å². The fourth-order valence-electron chi connectivity index (χ4n) is 3.07. The lowest BCUT2D eigenvalue weighted by Gasteiger charge is -2.10. The van der Waals surface area contributed by atoms with Gasteiger partial charge in [-0.3, -0.25) is 9.59 Å². The van der Waals surface area contributed by atoms with E-state index in [1.54, 1.807) is 42.5 Å². The van der Waals surface area contributed by atoms with E-state index in [1.807, 2.05) is 45.0 Å². The van der Waals surface area contributed by atoms with E-state index >= 15 is 0 Å². The zero-order valence-corrected chi connectivity index (χ0v) is 19.9. The van der Waals surface area contributed by atoms with Crippen LogP contribution in [0.3, 0.4) is 0 Å². The SMILES string of the molecule is Cc1ccc(NC(=O)COc2ccc(/C=C(/C#N)C(=O)Nc3cccc(C)c3C)cc2)cc1Cl. The predicted octanol–water partition coefficient (Wildman–Crippen LogP) is 5.83. The molecule has 0 bridgehead atoms. The topological polar surface area (TPSA) is 91.2 Å².